The number of hydrogen-bond donors (Lipinski definition) is 2. The molecule has 1 spiro atoms. The molecular formula is C13H23N3O. The Hall–Kier alpha value is -0.610. The molecule has 1 aliphatic carbocycles. The predicted molar refractivity (Wildman–Crippen MR) is 66.2 cm³/mol. The van der Waals surface area contributed by atoms with E-state index in [0.29, 0.717) is 11.3 Å². The molecule has 3 fully saturated rings. The number of rotatable bonds is 2. The lowest BCUT2D eigenvalue weighted by Crippen LogP contribution is -2.46. The van der Waals surface area contributed by atoms with E-state index in [-0.39, 0.29) is 5.91 Å². The first-order valence-electron chi connectivity index (χ1n) is 7.06. The second-order valence-corrected chi connectivity index (χ2v) is 5.89. The number of nitrogens with zero attached hydrogens (tertiary/aromatic N) is 1. The van der Waals surface area contributed by atoms with E-state index in [1.54, 1.807) is 0 Å². The number of piperidine rings is 2. The Morgan fingerprint density at radius 3 is 2.59 bits per heavy atom. The van der Waals surface area contributed by atoms with E-state index >= 15 is 0 Å². The zero-order chi connectivity index (χ0) is 11.7. The minimum atomic E-state index is 0.286. The van der Waals surface area contributed by atoms with Crippen molar-refractivity contribution in [3.63, 3.8) is 0 Å². The molecule has 1 unspecified atom stereocenters. The number of amides is 1. The van der Waals surface area contributed by atoms with Crippen LogP contribution in [-0.2, 0) is 4.79 Å². The fourth-order valence-corrected chi connectivity index (χ4v) is 3.44. The SMILES string of the molecule is O=C(NN1CCCCC1)C1CC12CCNCC2. The van der Waals surface area contributed by atoms with Crippen LogP contribution in [0.15, 0.2) is 0 Å². The third-order valence-electron chi connectivity index (χ3n) is 4.73. The van der Waals surface area contributed by atoms with Crippen LogP contribution >= 0.6 is 0 Å². The first kappa shape index (κ1) is 11.5. The van der Waals surface area contributed by atoms with Gasteiger partial charge in [0.05, 0.1) is 0 Å². The van der Waals surface area contributed by atoms with Crippen molar-refractivity contribution in [3.8, 4) is 0 Å². The summed E-state index contributed by atoms with van der Waals surface area (Å²) in [6, 6.07) is 0. The highest BCUT2D eigenvalue weighted by Crippen LogP contribution is 2.58. The highest BCUT2D eigenvalue weighted by Gasteiger charge is 2.57. The highest BCUT2D eigenvalue weighted by atomic mass is 16.2. The molecule has 96 valence electrons. The second kappa shape index (κ2) is 4.58. The number of carbonyl (C=O) groups excluding carboxylic acids is 1. The van der Waals surface area contributed by atoms with Gasteiger partial charge >= 0.3 is 0 Å². The maximum Gasteiger partial charge on any atom is 0.237 e. The topological polar surface area (TPSA) is 44.4 Å². The van der Waals surface area contributed by atoms with Crippen LogP contribution in [0.3, 0.4) is 0 Å². The molecule has 0 radical (unpaired) electrons. The van der Waals surface area contributed by atoms with Crippen molar-refractivity contribution in [1.82, 2.24) is 15.8 Å². The average Bonchev–Trinajstić information content (AvgIpc) is 3.05. The molecular weight excluding hydrogens is 214 g/mol. The largest absolute Gasteiger partial charge is 0.317 e. The molecule has 0 aromatic heterocycles. The lowest BCUT2D eigenvalue weighted by atomic mass is 9.92. The third-order valence-corrected chi connectivity index (χ3v) is 4.73. The van der Waals surface area contributed by atoms with E-state index in [2.05, 4.69) is 15.8 Å². The van der Waals surface area contributed by atoms with Crippen LogP contribution < -0.4 is 10.7 Å². The molecule has 17 heavy (non-hydrogen) atoms. The smallest absolute Gasteiger partial charge is 0.237 e. The van der Waals surface area contributed by atoms with E-state index in [0.717, 1.165) is 32.6 Å². The summed E-state index contributed by atoms with van der Waals surface area (Å²) in [5.74, 6) is 0.584. The van der Waals surface area contributed by atoms with Gasteiger partial charge in [0.25, 0.3) is 0 Å². The molecule has 1 atom stereocenters. The van der Waals surface area contributed by atoms with Gasteiger partial charge < -0.3 is 5.32 Å². The molecule has 2 saturated heterocycles. The number of hydrazine groups is 1. The molecule has 0 aromatic carbocycles. The average molecular weight is 237 g/mol. The first-order valence-corrected chi connectivity index (χ1v) is 7.06. The fourth-order valence-electron chi connectivity index (χ4n) is 3.44. The van der Waals surface area contributed by atoms with Gasteiger partial charge in [-0.25, -0.2) is 5.01 Å². The molecule has 2 heterocycles. The molecule has 0 bridgehead atoms. The molecule has 3 aliphatic rings. The van der Waals surface area contributed by atoms with E-state index in [1.165, 1.54) is 32.1 Å². The molecule has 2 N–H and O–H groups in total. The summed E-state index contributed by atoms with van der Waals surface area (Å²) < 4.78 is 0. The van der Waals surface area contributed by atoms with Crippen LogP contribution in [0.5, 0.6) is 0 Å². The molecule has 4 heteroatoms. The summed E-state index contributed by atoms with van der Waals surface area (Å²) in [6.45, 7) is 4.25. The molecule has 2 aliphatic heterocycles. The maximum absolute atomic E-state index is 12.2. The van der Waals surface area contributed by atoms with Crippen LogP contribution in [0.2, 0.25) is 0 Å². The zero-order valence-corrected chi connectivity index (χ0v) is 10.5. The minimum absolute atomic E-state index is 0.286. The maximum atomic E-state index is 12.2. The fraction of sp³-hybridized carbons (Fsp3) is 0.923. The molecule has 4 nitrogen and oxygen atoms in total. The Morgan fingerprint density at radius 1 is 1.18 bits per heavy atom. The third kappa shape index (κ3) is 2.33. The first-order chi connectivity index (χ1) is 8.30. The van der Waals surface area contributed by atoms with Crippen LogP contribution in [0.4, 0.5) is 0 Å². The van der Waals surface area contributed by atoms with Gasteiger partial charge in [-0.2, -0.15) is 0 Å². The number of hydrogen-bond acceptors (Lipinski definition) is 3. The standard InChI is InChI=1S/C13H23N3O/c17-12(15-16-8-2-1-3-9-16)11-10-13(11)4-6-14-7-5-13/h11,14H,1-10H2,(H,15,17). The molecule has 1 amide bonds. The summed E-state index contributed by atoms with van der Waals surface area (Å²) in [4.78, 5) is 12.2. The Labute approximate surface area is 103 Å². The normalized spacial score (nSPS) is 32.4. The van der Waals surface area contributed by atoms with Gasteiger partial charge in [-0.05, 0) is 50.6 Å². The molecule has 1 saturated carbocycles. The van der Waals surface area contributed by atoms with Crippen molar-refractivity contribution in [1.29, 1.82) is 0 Å². The van der Waals surface area contributed by atoms with Crippen LogP contribution in [-0.4, -0.2) is 37.1 Å². The summed E-state index contributed by atoms with van der Waals surface area (Å²) in [5, 5.41) is 5.50. The van der Waals surface area contributed by atoms with E-state index in [4.69, 9.17) is 0 Å². The lowest BCUT2D eigenvalue weighted by Gasteiger charge is -2.28. The quantitative estimate of drug-likeness (QED) is 0.750. The van der Waals surface area contributed by atoms with Crippen molar-refractivity contribution in [2.24, 2.45) is 11.3 Å². The zero-order valence-electron chi connectivity index (χ0n) is 10.5. The van der Waals surface area contributed by atoms with Crippen molar-refractivity contribution in [2.75, 3.05) is 26.2 Å². The predicted octanol–water partition coefficient (Wildman–Crippen LogP) is 0.893. The van der Waals surface area contributed by atoms with E-state index in [1.807, 2.05) is 0 Å². The summed E-state index contributed by atoms with van der Waals surface area (Å²) in [5.41, 5.74) is 3.49. The van der Waals surface area contributed by atoms with Crippen LogP contribution in [0.25, 0.3) is 0 Å². The monoisotopic (exact) mass is 237 g/mol. The molecule has 3 rings (SSSR count). The van der Waals surface area contributed by atoms with Gasteiger partial charge in [-0.3, -0.25) is 10.2 Å². The molecule has 0 aromatic rings. The Balaban J connectivity index is 1.50. The van der Waals surface area contributed by atoms with Gasteiger partial charge in [-0.15, -0.1) is 0 Å². The number of nitrogens with one attached hydrogen (secondary N) is 2. The number of carbonyl (C=O) groups is 1. The summed E-state index contributed by atoms with van der Waals surface area (Å²) in [6.07, 6.45) is 7.25. The van der Waals surface area contributed by atoms with E-state index < -0.39 is 0 Å². The Bertz CT molecular complexity index is 293. The van der Waals surface area contributed by atoms with E-state index in [9.17, 15) is 4.79 Å². The summed E-state index contributed by atoms with van der Waals surface area (Å²) >= 11 is 0. The lowest BCUT2D eigenvalue weighted by molar-refractivity contribution is -0.128. The van der Waals surface area contributed by atoms with Crippen LogP contribution in [0, 0.1) is 11.3 Å². The Kier molecular flexibility index (Phi) is 3.09. The van der Waals surface area contributed by atoms with Crippen molar-refractivity contribution < 1.29 is 4.79 Å². The van der Waals surface area contributed by atoms with Gasteiger partial charge in [0, 0.05) is 19.0 Å². The van der Waals surface area contributed by atoms with Gasteiger partial charge in [0.15, 0.2) is 0 Å². The van der Waals surface area contributed by atoms with Crippen molar-refractivity contribution in [3.05, 3.63) is 0 Å². The Morgan fingerprint density at radius 2 is 1.88 bits per heavy atom. The van der Waals surface area contributed by atoms with Gasteiger partial charge in [0.1, 0.15) is 0 Å². The van der Waals surface area contributed by atoms with Crippen LogP contribution in [0.1, 0.15) is 38.5 Å². The highest BCUT2D eigenvalue weighted by molar-refractivity contribution is 5.82. The van der Waals surface area contributed by atoms with Crippen molar-refractivity contribution in [2.45, 2.75) is 38.5 Å². The van der Waals surface area contributed by atoms with Crippen molar-refractivity contribution >= 4 is 5.91 Å². The second-order valence-electron chi connectivity index (χ2n) is 5.89. The van der Waals surface area contributed by atoms with Gasteiger partial charge in [-0.1, -0.05) is 6.42 Å². The minimum Gasteiger partial charge on any atom is -0.317 e. The summed E-state index contributed by atoms with van der Waals surface area (Å²) in [7, 11) is 0. The van der Waals surface area contributed by atoms with Gasteiger partial charge in [0.2, 0.25) is 5.91 Å².